The molecule has 0 aliphatic heterocycles. The van der Waals surface area contributed by atoms with E-state index in [1.807, 2.05) is 0 Å². The minimum atomic E-state index is -0.752. The summed E-state index contributed by atoms with van der Waals surface area (Å²) in [5.41, 5.74) is 1.07. The van der Waals surface area contributed by atoms with Crippen molar-refractivity contribution >= 4 is 40.7 Å². The lowest BCUT2D eigenvalue weighted by molar-refractivity contribution is -0.122. The summed E-state index contributed by atoms with van der Waals surface area (Å²) in [5, 5.41) is 6.09. The highest BCUT2D eigenvalue weighted by Gasteiger charge is 2.15. The molecular formula is C17H16Cl2N2O3. The number of halogens is 2. The molecule has 1 atom stereocenters. The van der Waals surface area contributed by atoms with Crippen LogP contribution in [-0.2, 0) is 4.79 Å². The Labute approximate surface area is 149 Å². The van der Waals surface area contributed by atoms with Gasteiger partial charge in [-0.2, -0.15) is 0 Å². The molecule has 0 fully saturated rings. The van der Waals surface area contributed by atoms with Crippen molar-refractivity contribution in [2.75, 3.05) is 12.4 Å². The van der Waals surface area contributed by atoms with Crippen molar-refractivity contribution in [3.63, 3.8) is 0 Å². The monoisotopic (exact) mass is 366 g/mol. The van der Waals surface area contributed by atoms with Gasteiger partial charge in [0.15, 0.2) is 6.10 Å². The average molecular weight is 367 g/mol. The van der Waals surface area contributed by atoms with Crippen LogP contribution in [0.5, 0.6) is 5.75 Å². The highest BCUT2D eigenvalue weighted by atomic mass is 35.5. The second kappa shape index (κ2) is 8.04. The van der Waals surface area contributed by atoms with E-state index in [0.717, 1.165) is 0 Å². The molecule has 0 aromatic heterocycles. The Bertz CT molecular complexity index is 728. The number of benzene rings is 2. The minimum Gasteiger partial charge on any atom is -0.481 e. The molecular weight excluding hydrogens is 351 g/mol. The van der Waals surface area contributed by atoms with Crippen LogP contribution in [0.1, 0.15) is 17.3 Å². The molecule has 0 heterocycles. The van der Waals surface area contributed by atoms with Gasteiger partial charge in [-0.1, -0.05) is 23.2 Å². The van der Waals surface area contributed by atoms with Gasteiger partial charge in [-0.3, -0.25) is 9.59 Å². The predicted octanol–water partition coefficient (Wildman–Crippen LogP) is 3.76. The number of nitrogens with one attached hydrogen (secondary N) is 2. The van der Waals surface area contributed by atoms with E-state index >= 15 is 0 Å². The lowest BCUT2D eigenvalue weighted by Gasteiger charge is -2.15. The third kappa shape index (κ3) is 4.88. The Hall–Kier alpha value is -2.24. The van der Waals surface area contributed by atoms with Crippen LogP contribution in [-0.4, -0.2) is 25.0 Å². The maximum Gasteiger partial charge on any atom is 0.265 e. The van der Waals surface area contributed by atoms with Gasteiger partial charge in [-0.15, -0.1) is 0 Å². The molecule has 2 rings (SSSR count). The maximum absolute atomic E-state index is 12.2. The van der Waals surface area contributed by atoms with Crippen molar-refractivity contribution in [1.82, 2.24) is 5.32 Å². The van der Waals surface area contributed by atoms with Gasteiger partial charge in [0.2, 0.25) is 0 Å². The van der Waals surface area contributed by atoms with Crippen molar-refractivity contribution in [2.45, 2.75) is 13.0 Å². The summed E-state index contributed by atoms with van der Waals surface area (Å²) in [6, 6.07) is 11.3. The second-order valence-corrected chi connectivity index (χ2v) is 5.88. The summed E-state index contributed by atoms with van der Waals surface area (Å²) in [5.74, 6) is -0.119. The van der Waals surface area contributed by atoms with Crippen molar-refractivity contribution < 1.29 is 14.3 Å². The fourth-order valence-corrected chi connectivity index (χ4v) is 2.45. The summed E-state index contributed by atoms with van der Waals surface area (Å²) < 4.78 is 5.54. The first-order chi connectivity index (χ1) is 11.4. The first-order valence-electron chi connectivity index (χ1n) is 7.15. The molecule has 5 nitrogen and oxygen atoms in total. The van der Waals surface area contributed by atoms with Crippen LogP contribution in [0.4, 0.5) is 5.69 Å². The van der Waals surface area contributed by atoms with E-state index in [-0.39, 0.29) is 11.8 Å². The molecule has 126 valence electrons. The van der Waals surface area contributed by atoms with Crippen molar-refractivity contribution in [1.29, 1.82) is 0 Å². The molecule has 0 spiro atoms. The molecule has 24 heavy (non-hydrogen) atoms. The first-order valence-corrected chi connectivity index (χ1v) is 7.90. The Kier molecular flexibility index (Phi) is 6.06. The van der Waals surface area contributed by atoms with Crippen molar-refractivity contribution in [3.8, 4) is 5.75 Å². The fourth-order valence-electron chi connectivity index (χ4n) is 1.95. The fraction of sp³-hybridized carbons (Fsp3) is 0.176. The van der Waals surface area contributed by atoms with Crippen LogP contribution in [0.2, 0.25) is 10.0 Å². The van der Waals surface area contributed by atoms with Gasteiger partial charge in [0, 0.05) is 28.3 Å². The molecule has 0 radical (unpaired) electrons. The molecule has 0 bridgehead atoms. The molecule has 7 heteroatoms. The predicted molar refractivity (Wildman–Crippen MR) is 95.0 cm³/mol. The molecule has 1 unspecified atom stereocenters. The van der Waals surface area contributed by atoms with Gasteiger partial charge in [0.25, 0.3) is 11.8 Å². The summed E-state index contributed by atoms with van der Waals surface area (Å²) in [6.07, 6.45) is -0.752. The first kappa shape index (κ1) is 18.1. The maximum atomic E-state index is 12.2. The Morgan fingerprint density at radius 3 is 2.17 bits per heavy atom. The van der Waals surface area contributed by atoms with Gasteiger partial charge >= 0.3 is 0 Å². The smallest absolute Gasteiger partial charge is 0.265 e. The number of carbonyl (C=O) groups excluding carboxylic acids is 2. The minimum absolute atomic E-state index is 0.192. The number of amides is 2. The van der Waals surface area contributed by atoms with E-state index in [0.29, 0.717) is 27.0 Å². The lowest BCUT2D eigenvalue weighted by atomic mass is 10.2. The van der Waals surface area contributed by atoms with Crippen LogP contribution >= 0.6 is 23.2 Å². The SMILES string of the molecule is CNC(=O)c1ccc(NC(=O)C(C)Oc2cc(Cl)cc(Cl)c2)cc1. The highest BCUT2D eigenvalue weighted by molar-refractivity contribution is 6.34. The molecule has 2 aromatic rings. The third-order valence-electron chi connectivity index (χ3n) is 3.16. The molecule has 2 aromatic carbocycles. The summed E-state index contributed by atoms with van der Waals surface area (Å²) in [4.78, 5) is 23.7. The average Bonchev–Trinajstić information content (AvgIpc) is 2.53. The lowest BCUT2D eigenvalue weighted by Crippen LogP contribution is -2.30. The van der Waals surface area contributed by atoms with Crippen LogP contribution in [0.25, 0.3) is 0 Å². The van der Waals surface area contributed by atoms with Gasteiger partial charge in [0.1, 0.15) is 5.75 Å². The zero-order valence-electron chi connectivity index (χ0n) is 13.1. The number of hydrogen-bond acceptors (Lipinski definition) is 3. The quantitative estimate of drug-likeness (QED) is 0.846. The standard InChI is InChI=1S/C17H16Cl2N2O3/c1-10(24-15-8-12(18)7-13(19)9-15)16(22)21-14-5-3-11(4-6-14)17(23)20-2/h3-10H,1-2H3,(H,20,23)(H,21,22). The molecule has 0 aliphatic carbocycles. The molecule has 2 amide bonds. The number of carbonyl (C=O) groups is 2. The van der Waals surface area contributed by atoms with Crippen molar-refractivity contribution in [3.05, 3.63) is 58.1 Å². The van der Waals surface area contributed by atoms with Crippen molar-refractivity contribution in [2.24, 2.45) is 0 Å². The Morgan fingerprint density at radius 1 is 1.04 bits per heavy atom. The van der Waals surface area contributed by atoms with E-state index in [1.165, 1.54) is 0 Å². The number of rotatable bonds is 5. The van der Waals surface area contributed by atoms with Crippen LogP contribution < -0.4 is 15.4 Å². The molecule has 0 saturated carbocycles. The van der Waals surface area contributed by atoms with E-state index in [1.54, 1.807) is 56.4 Å². The van der Waals surface area contributed by atoms with E-state index in [2.05, 4.69) is 10.6 Å². The summed E-state index contributed by atoms with van der Waals surface area (Å²) >= 11 is 11.8. The largest absolute Gasteiger partial charge is 0.481 e. The zero-order valence-corrected chi connectivity index (χ0v) is 14.6. The van der Waals surface area contributed by atoms with Crippen LogP contribution in [0.3, 0.4) is 0 Å². The number of anilines is 1. The van der Waals surface area contributed by atoms with Crippen LogP contribution in [0.15, 0.2) is 42.5 Å². The molecule has 0 aliphatic rings. The van der Waals surface area contributed by atoms with Gasteiger partial charge < -0.3 is 15.4 Å². The van der Waals surface area contributed by atoms with Gasteiger partial charge in [-0.25, -0.2) is 0 Å². The molecule has 2 N–H and O–H groups in total. The normalized spacial score (nSPS) is 11.5. The second-order valence-electron chi connectivity index (χ2n) is 5.01. The Balaban J connectivity index is 1.99. The zero-order chi connectivity index (χ0) is 17.7. The topological polar surface area (TPSA) is 67.4 Å². The molecule has 0 saturated heterocycles. The summed E-state index contributed by atoms with van der Waals surface area (Å²) in [7, 11) is 1.55. The van der Waals surface area contributed by atoms with E-state index in [9.17, 15) is 9.59 Å². The number of ether oxygens (including phenoxy) is 1. The number of hydrogen-bond donors (Lipinski definition) is 2. The van der Waals surface area contributed by atoms with E-state index in [4.69, 9.17) is 27.9 Å². The summed E-state index contributed by atoms with van der Waals surface area (Å²) in [6.45, 7) is 1.61. The Morgan fingerprint density at radius 2 is 1.62 bits per heavy atom. The van der Waals surface area contributed by atoms with Gasteiger partial charge in [-0.05, 0) is 49.4 Å². The highest BCUT2D eigenvalue weighted by Crippen LogP contribution is 2.25. The third-order valence-corrected chi connectivity index (χ3v) is 3.60. The van der Waals surface area contributed by atoms with Gasteiger partial charge in [0.05, 0.1) is 0 Å². The van der Waals surface area contributed by atoms with E-state index < -0.39 is 6.10 Å². The van der Waals surface area contributed by atoms with Crippen LogP contribution in [0, 0.1) is 0 Å².